The van der Waals surface area contributed by atoms with Crippen LogP contribution < -0.4 is 5.32 Å². The maximum absolute atomic E-state index is 11.9. The average Bonchev–Trinajstić information content (AvgIpc) is 3.09. The third-order valence-electron chi connectivity index (χ3n) is 3.68. The zero-order valence-corrected chi connectivity index (χ0v) is 15.1. The largest absolute Gasteiger partial charge is 0.456 e. The number of aromatic nitrogens is 1. The summed E-state index contributed by atoms with van der Waals surface area (Å²) in [7, 11) is 0. The minimum absolute atomic E-state index is 0.00160. The van der Waals surface area contributed by atoms with Crippen LogP contribution in [0, 0.1) is 10.1 Å². The summed E-state index contributed by atoms with van der Waals surface area (Å²) in [6, 6.07) is 10.8. The molecule has 0 aliphatic carbocycles. The number of nitro benzene ring substituents is 1. The third-order valence-corrected chi connectivity index (χ3v) is 4.00. The summed E-state index contributed by atoms with van der Waals surface area (Å²) in [5, 5.41) is 13.1. The number of rotatable bonds is 7. The predicted molar refractivity (Wildman–Crippen MR) is 100 cm³/mol. The maximum atomic E-state index is 11.9. The maximum Gasteiger partial charge on any atom is 0.306 e. The molecule has 0 fully saturated rings. The van der Waals surface area contributed by atoms with Crippen molar-refractivity contribution in [3.63, 3.8) is 0 Å². The first-order valence-corrected chi connectivity index (χ1v) is 8.54. The van der Waals surface area contributed by atoms with Crippen LogP contribution in [0.15, 0.2) is 46.9 Å². The van der Waals surface area contributed by atoms with Gasteiger partial charge < -0.3 is 14.5 Å². The zero-order chi connectivity index (χ0) is 20.1. The summed E-state index contributed by atoms with van der Waals surface area (Å²) < 4.78 is 10.4. The number of anilines is 1. The van der Waals surface area contributed by atoms with Crippen LogP contribution in [0.25, 0.3) is 11.1 Å². The van der Waals surface area contributed by atoms with E-state index in [1.165, 1.54) is 12.1 Å². The number of carbonyl (C=O) groups is 2. The Kier molecular flexibility index (Phi) is 5.85. The number of nitrogens with zero attached hydrogens (tertiary/aromatic N) is 2. The third kappa shape index (κ3) is 4.83. The number of amides is 1. The average molecular weight is 404 g/mol. The molecule has 144 valence electrons. The molecule has 0 aliphatic rings. The van der Waals surface area contributed by atoms with Crippen molar-refractivity contribution in [1.29, 1.82) is 0 Å². The first-order chi connectivity index (χ1) is 13.4. The van der Waals surface area contributed by atoms with Crippen LogP contribution in [0.2, 0.25) is 5.02 Å². The normalized spacial score (nSPS) is 10.6. The zero-order valence-electron chi connectivity index (χ0n) is 14.4. The molecular formula is C18H14ClN3O6. The van der Waals surface area contributed by atoms with Crippen molar-refractivity contribution in [1.82, 2.24) is 4.98 Å². The minimum atomic E-state index is -0.619. The van der Waals surface area contributed by atoms with E-state index < -0.39 is 23.4 Å². The molecule has 28 heavy (non-hydrogen) atoms. The van der Waals surface area contributed by atoms with Crippen molar-refractivity contribution in [3.05, 3.63) is 63.5 Å². The number of halogens is 1. The van der Waals surface area contributed by atoms with E-state index in [9.17, 15) is 19.7 Å². The summed E-state index contributed by atoms with van der Waals surface area (Å²) in [5.74, 6) is -0.807. The second-order valence-electron chi connectivity index (χ2n) is 5.71. The molecule has 3 aromatic rings. The van der Waals surface area contributed by atoms with Gasteiger partial charge >= 0.3 is 5.97 Å². The second kappa shape index (κ2) is 8.49. The Morgan fingerprint density at radius 3 is 2.75 bits per heavy atom. The van der Waals surface area contributed by atoms with Gasteiger partial charge in [0.2, 0.25) is 0 Å². The van der Waals surface area contributed by atoms with Crippen molar-refractivity contribution in [3.8, 4) is 0 Å². The first kappa shape index (κ1) is 19.3. The highest BCUT2D eigenvalue weighted by atomic mass is 35.5. The molecule has 3 rings (SSSR count). The summed E-state index contributed by atoms with van der Waals surface area (Å²) in [6.45, 7) is -0.514. The van der Waals surface area contributed by atoms with Crippen molar-refractivity contribution < 1.29 is 23.7 Å². The number of aryl methyl sites for hydroxylation is 1. The van der Waals surface area contributed by atoms with E-state index in [1.54, 1.807) is 12.1 Å². The van der Waals surface area contributed by atoms with Crippen LogP contribution >= 0.6 is 11.6 Å². The van der Waals surface area contributed by atoms with Gasteiger partial charge in [-0.05, 0) is 18.2 Å². The van der Waals surface area contributed by atoms with Crippen molar-refractivity contribution >= 4 is 46.0 Å². The van der Waals surface area contributed by atoms with Crippen LogP contribution in [0.3, 0.4) is 0 Å². The number of hydrogen-bond acceptors (Lipinski definition) is 7. The lowest BCUT2D eigenvalue weighted by Crippen LogP contribution is -2.21. The molecule has 0 aliphatic heterocycles. The molecule has 1 amide bonds. The Labute approximate surface area is 163 Å². The van der Waals surface area contributed by atoms with Gasteiger partial charge in [0, 0.05) is 18.6 Å². The van der Waals surface area contributed by atoms with Gasteiger partial charge in [-0.3, -0.25) is 19.7 Å². The summed E-state index contributed by atoms with van der Waals surface area (Å²) in [6.07, 6.45) is 0.238. The monoisotopic (exact) mass is 403 g/mol. The van der Waals surface area contributed by atoms with E-state index >= 15 is 0 Å². The SMILES string of the molecule is O=C(COC(=O)CCc1nc2ccccc2o1)Nc1ccc([N+](=O)[O-])cc1Cl. The van der Waals surface area contributed by atoms with Gasteiger partial charge in [-0.25, -0.2) is 4.98 Å². The topological polar surface area (TPSA) is 125 Å². The van der Waals surface area contributed by atoms with E-state index in [4.69, 9.17) is 20.8 Å². The molecule has 10 heteroatoms. The van der Waals surface area contributed by atoms with E-state index in [2.05, 4.69) is 10.3 Å². The van der Waals surface area contributed by atoms with E-state index in [0.29, 0.717) is 17.0 Å². The highest BCUT2D eigenvalue weighted by molar-refractivity contribution is 6.34. The molecule has 2 aromatic carbocycles. The number of hydrogen-bond donors (Lipinski definition) is 1. The number of oxazole rings is 1. The number of nitro groups is 1. The minimum Gasteiger partial charge on any atom is -0.456 e. The summed E-state index contributed by atoms with van der Waals surface area (Å²) in [5.41, 5.74) is 1.31. The van der Waals surface area contributed by atoms with Crippen LogP contribution in [0.5, 0.6) is 0 Å². The fourth-order valence-electron chi connectivity index (χ4n) is 2.36. The molecule has 0 spiro atoms. The number of esters is 1. The van der Waals surface area contributed by atoms with Crippen molar-refractivity contribution in [2.45, 2.75) is 12.8 Å². The molecule has 0 saturated carbocycles. The lowest BCUT2D eigenvalue weighted by Gasteiger charge is -2.07. The summed E-state index contributed by atoms with van der Waals surface area (Å²) >= 11 is 5.89. The molecule has 0 radical (unpaired) electrons. The lowest BCUT2D eigenvalue weighted by atomic mass is 10.3. The van der Waals surface area contributed by atoms with E-state index in [1.807, 2.05) is 12.1 Å². The number of ether oxygens (including phenoxy) is 1. The molecule has 0 atom stereocenters. The van der Waals surface area contributed by atoms with Crippen LogP contribution in [0.4, 0.5) is 11.4 Å². The van der Waals surface area contributed by atoms with E-state index in [-0.39, 0.29) is 29.2 Å². The fraction of sp³-hybridized carbons (Fsp3) is 0.167. The Balaban J connectivity index is 1.46. The molecule has 1 N–H and O–H groups in total. The molecule has 1 aromatic heterocycles. The predicted octanol–water partition coefficient (Wildman–Crippen LogP) is 3.50. The Hall–Kier alpha value is -3.46. The van der Waals surface area contributed by atoms with Gasteiger partial charge in [0.25, 0.3) is 11.6 Å². The lowest BCUT2D eigenvalue weighted by molar-refractivity contribution is -0.384. The quantitative estimate of drug-likeness (QED) is 0.363. The molecule has 0 unspecified atom stereocenters. The van der Waals surface area contributed by atoms with E-state index in [0.717, 1.165) is 6.07 Å². The highest BCUT2D eigenvalue weighted by Gasteiger charge is 2.14. The Morgan fingerprint density at radius 2 is 2.04 bits per heavy atom. The van der Waals surface area contributed by atoms with Crippen LogP contribution in [-0.4, -0.2) is 28.4 Å². The molecule has 0 bridgehead atoms. The van der Waals surface area contributed by atoms with Gasteiger partial charge in [-0.1, -0.05) is 23.7 Å². The van der Waals surface area contributed by atoms with Crippen LogP contribution in [0.1, 0.15) is 12.3 Å². The standard InChI is InChI=1S/C18H14ClN3O6/c19-12-9-11(22(25)26)5-6-13(12)20-16(23)10-27-18(24)8-7-17-21-14-3-1-2-4-15(14)28-17/h1-6,9H,7-8,10H2,(H,20,23). The smallest absolute Gasteiger partial charge is 0.306 e. The number of fused-ring (bicyclic) bond motifs is 1. The Bertz CT molecular complexity index is 1020. The molecule has 1 heterocycles. The first-order valence-electron chi connectivity index (χ1n) is 8.16. The molecular weight excluding hydrogens is 390 g/mol. The van der Waals surface area contributed by atoms with Gasteiger partial charge in [0.05, 0.1) is 22.1 Å². The van der Waals surface area contributed by atoms with Crippen molar-refractivity contribution in [2.75, 3.05) is 11.9 Å². The second-order valence-corrected chi connectivity index (χ2v) is 6.11. The van der Waals surface area contributed by atoms with Crippen LogP contribution in [-0.2, 0) is 20.7 Å². The molecule has 0 saturated heterocycles. The number of para-hydroxylation sites is 2. The Morgan fingerprint density at radius 1 is 1.25 bits per heavy atom. The number of non-ortho nitro benzene ring substituents is 1. The number of nitrogens with one attached hydrogen (secondary N) is 1. The summed E-state index contributed by atoms with van der Waals surface area (Å²) in [4.78, 5) is 38.0. The number of carbonyl (C=O) groups excluding carboxylic acids is 2. The van der Waals surface area contributed by atoms with Gasteiger partial charge in [0.1, 0.15) is 5.52 Å². The van der Waals surface area contributed by atoms with Crippen molar-refractivity contribution in [2.24, 2.45) is 0 Å². The van der Waals surface area contributed by atoms with Gasteiger partial charge in [-0.15, -0.1) is 0 Å². The van der Waals surface area contributed by atoms with Gasteiger partial charge in [0.15, 0.2) is 18.1 Å². The molecule has 9 nitrogen and oxygen atoms in total. The van der Waals surface area contributed by atoms with Gasteiger partial charge in [-0.2, -0.15) is 0 Å². The highest BCUT2D eigenvalue weighted by Crippen LogP contribution is 2.26. The number of benzene rings is 2. The fourth-order valence-corrected chi connectivity index (χ4v) is 2.58.